The zero-order valence-corrected chi connectivity index (χ0v) is 10.6. The fraction of sp³-hybridized carbons (Fsp3) is 0.889. The van der Waals surface area contributed by atoms with E-state index in [1.165, 1.54) is 7.05 Å². The van der Waals surface area contributed by atoms with Crippen LogP contribution in [0, 0.1) is 0 Å². The Hall–Kier alpha value is -0.523. The predicted octanol–water partition coefficient (Wildman–Crippen LogP) is 3.01. The van der Waals surface area contributed by atoms with E-state index >= 15 is 0 Å². The van der Waals surface area contributed by atoms with Gasteiger partial charge in [-0.15, -0.1) is 0 Å². The average Bonchev–Trinajstić information content (AvgIpc) is 2.18. The summed E-state index contributed by atoms with van der Waals surface area (Å²) in [6, 6.07) is 1.99. The van der Waals surface area contributed by atoms with Crippen molar-refractivity contribution in [3.05, 3.63) is 0 Å². The van der Waals surface area contributed by atoms with Crippen molar-refractivity contribution in [2.75, 3.05) is 7.05 Å². The van der Waals surface area contributed by atoms with Gasteiger partial charge in [0.2, 0.25) is 0 Å². The molecule has 6 heteroatoms. The van der Waals surface area contributed by atoms with Crippen LogP contribution < -0.4 is 0 Å². The van der Waals surface area contributed by atoms with E-state index in [0.717, 1.165) is 4.57 Å². The Bertz CT molecular complexity index is 218. The van der Waals surface area contributed by atoms with Crippen molar-refractivity contribution in [2.45, 2.75) is 45.1 Å². The van der Waals surface area contributed by atoms with Crippen LogP contribution in [0.3, 0.4) is 0 Å². The molecule has 0 rings (SSSR count). The molecule has 0 saturated carbocycles. The molecule has 2 nitrogen and oxygen atoms in total. The first-order chi connectivity index (χ1) is 6.75. The number of hydrogen-bond acceptors (Lipinski definition) is 1. The van der Waals surface area contributed by atoms with E-state index in [9.17, 15) is 18.0 Å². The highest BCUT2D eigenvalue weighted by Gasteiger charge is 2.47. The van der Waals surface area contributed by atoms with Gasteiger partial charge in [-0.1, -0.05) is 20.8 Å². The standard InChI is InChI=1S/C9H18F3NOSi/c1-5-15(6-2,7-3)13(4)8(14)9(10,11)12/h5-7H2,1-4H3. The van der Waals surface area contributed by atoms with Crippen LogP contribution in [0.4, 0.5) is 13.2 Å². The van der Waals surface area contributed by atoms with Crippen LogP contribution in [0.15, 0.2) is 0 Å². The molecule has 0 aromatic rings. The topological polar surface area (TPSA) is 20.3 Å². The maximum absolute atomic E-state index is 12.3. The minimum Gasteiger partial charge on any atom is -0.364 e. The van der Waals surface area contributed by atoms with Crippen LogP contribution in [0.1, 0.15) is 20.8 Å². The number of amides is 1. The summed E-state index contributed by atoms with van der Waals surface area (Å²) in [5.41, 5.74) is 0. The average molecular weight is 241 g/mol. The minimum absolute atomic E-state index is 0.665. The molecule has 90 valence electrons. The summed E-state index contributed by atoms with van der Waals surface area (Å²) < 4.78 is 37.8. The van der Waals surface area contributed by atoms with Crippen molar-refractivity contribution in [1.29, 1.82) is 0 Å². The molecule has 0 spiro atoms. The monoisotopic (exact) mass is 241 g/mol. The first-order valence-electron chi connectivity index (χ1n) is 5.10. The summed E-state index contributed by atoms with van der Waals surface area (Å²) in [5.74, 6) is -1.69. The lowest BCUT2D eigenvalue weighted by molar-refractivity contribution is -0.180. The zero-order chi connectivity index (χ0) is 12.3. The van der Waals surface area contributed by atoms with Gasteiger partial charge in [0.1, 0.15) is 0 Å². The van der Waals surface area contributed by atoms with Crippen LogP contribution in [-0.2, 0) is 4.79 Å². The van der Waals surface area contributed by atoms with Crippen LogP contribution in [0.25, 0.3) is 0 Å². The molecule has 0 bridgehead atoms. The van der Waals surface area contributed by atoms with Crippen molar-refractivity contribution >= 4 is 14.1 Å². The van der Waals surface area contributed by atoms with Crippen molar-refractivity contribution < 1.29 is 18.0 Å². The number of hydrogen-bond donors (Lipinski definition) is 0. The van der Waals surface area contributed by atoms with Gasteiger partial charge in [-0.2, -0.15) is 13.2 Å². The minimum atomic E-state index is -4.74. The van der Waals surface area contributed by atoms with Gasteiger partial charge < -0.3 is 4.57 Å². The van der Waals surface area contributed by atoms with E-state index in [2.05, 4.69) is 0 Å². The molecule has 0 aromatic heterocycles. The molecule has 0 aliphatic carbocycles. The molecule has 0 N–H and O–H groups in total. The van der Waals surface area contributed by atoms with E-state index in [0.29, 0.717) is 18.1 Å². The highest BCUT2D eigenvalue weighted by Crippen LogP contribution is 2.28. The number of carbonyl (C=O) groups is 1. The van der Waals surface area contributed by atoms with Crippen molar-refractivity contribution in [2.24, 2.45) is 0 Å². The van der Waals surface area contributed by atoms with Gasteiger partial charge in [0, 0.05) is 7.05 Å². The molecule has 0 aliphatic heterocycles. The summed E-state index contributed by atoms with van der Waals surface area (Å²) in [6.07, 6.45) is -4.74. The summed E-state index contributed by atoms with van der Waals surface area (Å²) in [5, 5.41) is 0. The normalized spacial score (nSPS) is 12.7. The highest BCUT2D eigenvalue weighted by molar-refractivity contribution is 6.78. The smallest absolute Gasteiger partial charge is 0.364 e. The van der Waals surface area contributed by atoms with Crippen molar-refractivity contribution in [3.8, 4) is 0 Å². The summed E-state index contributed by atoms with van der Waals surface area (Å²) in [6.45, 7) is 5.58. The van der Waals surface area contributed by atoms with Crippen molar-refractivity contribution in [3.63, 3.8) is 0 Å². The largest absolute Gasteiger partial charge is 0.470 e. The lowest BCUT2D eigenvalue weighted by Crippen LogP contribution is -2.56. The number of alkyl halides is 3. The third kappa shape index (κ3) is 2.96. The second kappa shape index (κ2) is 5.00. The van der Waals surface area contributed by atoms with Crippen LogP contribution in [-0.4, -0.2) is 31.9 Å². The first-order valence-corrected chi connectivity index (χ1v) is 7.67. The molecule has 0 radical (unpaired) electrons. The third-order valence-corrected chi connectivity index (χ3v) is 8.81. The first kappa shape index (κ1) is 14.5. The van der Waals surface area contributed by atoms with Gasteiger partial charge in [0.15, 0.2) is 8.24 Å². The zero-order valence-electron chi connectivity index (χ0n) is 9.61. The summed E-state index contributed by atoms with van der Waals surface area (Å²) in [4.78, 5) is 11.1. The van der Waals surface area contributed by atoms with E-state index in [4.69, 9.17) is 0 Å². The van der Waals surface area contributed by atoms with Gasteiger partial charge in [-0.05, 0) is 18.1 Å². The van der Waals surface area contributed by atoms with Crippen molar-refractivity contribution in [1.82, 2.24) is 4.57 Å². The highest BCUT2D eigenvalue weighted by atomic mass is 28.3. The van der Waals surface area contributed by atoms with Crippen LogP contribution >= 0.6 is 0 Å². The van der Waals surface area contributed by atoms with Gasteiger partial charge >= 0.3 is 12.1 Å². The van der Waals surface area contributed by atoms with Crippen LogP contribution in [0.2, 0.25) is 18.1 Å². The number of nitrogens with zero attached hydrogens (tertiary/aromatic N) is 1. The molecule has 0 fully saturated rings. The second-order valence-corrected chi connectivity index (χ2v) is 8.89. The summed E-state index contributed by atoms with van der Waals surface area (Å²) >= 11 is 0. The number of carbonyl (C=O) groups excluding carboxylic acids is 1. The van der Waals surface area contributed by atoms with E-state index in [1.54, 1.807) is 0 Å². The molecule has 15 heavy (non-hydrogen) atoms. The Morgan fingerprint density at radius 2 is 1.47 bits per heavy atom. The van der Waals surface area contributed by atoms with E-state index in [-0.39, 0.29) is 0 Å². The molecular formula is C9H18F3NOSi. The molecule has 0 aromatic carbocycles. The lowest BCUT2D eigenvalue weighted by Gasteiger charge is -2.38. The molecule has 0 heterocycles. The number of halogens is 3. The van der Waals surface area contributed by atoms with Gasteiger partial charge in [-0.3, -0.25) is 4.79 Å². The molecule has 0 unspecified atom stereocenters. The Morgan fingerprint density at radius 1 is 1.13 bits per heavy atom. The van der Waals surface area contributed by atoms with Crippen LogP contribution in [0.5, 0.6) is 0 Å². The second-order valence-electron chi connectivity index (χ2n) is 3.65. The van der Waals surface area contributed by atoms with E-state index < -0.39 is 20.3 Å². The third-order valence-electron chi connectivity index (χ3n) is 3.23. The molecule has 0 atom stereocenters. The Morgan fingerprint density at radius 3 is 1.67 bits per heavy atom. The quantitative estimate of drug-likeness (QED) is 0.693. The predicted molar refractivity (Wildman–Crippen MR) is 56.0 cm³/mol. The van der Waals surface area contributed by atoms with Gasteiger partial charge in [0.25, 0.3) is 0 Å². The summed E-state index contributed by atoms with van der Waals surface area (Å²) in [7, 11) is -0.940. The number of rotatable bonds is 4. The molecule has 1 amide bonds. The Labute approximate surface area is 89.5 Å². The maximum atomic E-state index is 12.3. The molecular weight excluding hydrogens is 223 g/mol. The SMILES string of the molecule is CC[Si](CC)(CC)N(C)C(=O)C(F)(F)F. The Balaban J connectivity index is 4.95. The Kier molecular flexibility index (Phi) is 4.83. The lowest BCUT2D eigenvalue weighted by atomic mass is 10.6. The molecule has 0 aliphatic rings. The molecule has 0 saturated heterocycles. The maximum Gasteiger partial charge on any atom is 0.470 e. The fourth-order valence-corrected chi connectivity index (χ4v) is 5.35. The fourth-order valence-electron chi connectivity index (χ4n) is 1.87. The van der Waals surface area contributed by atoms with Gasteiger partial charge in [-0.25, -0.2) is 0 Å². The van der Waals surface area contributed by atoms with E-state index in [1.807, 2.05) is 20.8 Å². The van der Waals surface area contributed by atoms with Gasteiger partial charge in [0.05, 0.1) is 0 Å².